The quantitative estimate of drug-likeness (QED) is 0.474. The van der Waals surface area contributed by atoms with Crippen LogP contribution in [0.15, 0.2) is 30.3 Å². The van der Waals surface area contributed by atoms with Gasteiger partial charge in [-0.3, -0.25) is 4.79 Å². The minimum atomic E-state index is -0.670. The maximum Gasteiger partial charge on any atom is 0.228 e. The van der Waals surface area contributed by atoms with Crippen LogP contribution in [0.2, 0.25) is 0 Å². The fraction of sp³-hybridized carbons (Fsp3) is 0.360. The van der Waals surface area contributed by atoms with Crippen molar-refractivity contribution in [3.8, 4) is 17.6 Å². The SMILES string of the molecule is CN[C@H](CC(=O)N1CCN(c2nc(N)c3cc(OC)c(OC)c(F)c3n2)CC1)c1ccc(C#N)cc1.Cl. The first-order chi connectivity index (χ1) is 17.4. The summed E-state index contributed by atoms with van der Waals surface area (Å²) in [5.74, 6) is -0.0713. The predicted octanol–water partition coefficient (Wildman–Crippen LogP) is 2.66. The second-order valence-electron chi connectivity index (χ2n) is 8.38. The van der Waals surface area contributed by atoms with Crippen molar-refractivity contribution in [2.24, 2.45) is 0 Å². The van der Waals surface area contributed by atoms with E-state index in [0.29, 0.717) is 43.1 Å². The molecule has 0 bridgehead atoms. The van der Waals surface area contributed by atoms with E-state index in [1.165, 1.54) is 14.2 Å². The van der Waals surface area contributed by atoms with Gasteiger partial charge in [0.05, 0.1) is 25.9 Å². The number of amides is 1. The highest BCUT2D eigenvalue weighted by molar-refractivity contribution is 5.92. The number of nitrogens with two attached hydrogens (primary N) is 1. The number of nitrogen functional groups attached to an aromatic ring is 1. The average molecular weight is 530 g/mol. The number of nitrogens with one attached hydrogen (secondary N) is 1. The van der Waals surface area contributed by atoms with Crippen LogP contribution in [0.3, 0.4) is 0 Å². The molecule has 37 heavy (non-hydrogen) atoms. The Morgan fingerprint density at radius 2 is 1.86 bits per heavy atom. The third-order valence-electron chi connectivity index (χ3n) is 6.38. The summed E-state index contributed by atoms with van der Waals surface area (Å²) in [4.78, 5) is 25.5. The van der Waals surface area contributed by atoms with Gasteiger partial charge < -0.3 is 30.3 Å². The summed E-state index contributed by atoms with van der Waals surface area (Å²) >= 11 is 0. The number of carbonyl (C=O) groups is 1. The lowest BCUT2D eigenvalue weighted by atomic mass is 10.0. The summed E-state index contributed by atoms with van der Waals surface area (Å²) in [6.07, 6.45) is 0.286. The fourth-order valence-corrected chi connectivity index (χ4v) is 4.32. The van der Waals surface area contributed by atoms with Crippen molar-refractivity contribution in [2.75, 3.05) is 58.1 Å². The van der Waals surface area contributed by atoms with E-state index in [-0.39, 0.29) is 53.6 Å². The minimum Gasteiger partial charge on any atom is -0.493 e. The van der Waals surface area contributed by atoms with Gasteiger partial charge in [0.1, 0.15) is 11.3 Å². The highest BCUT2D eigenvalue weighted by atomic mass is 35.5. The molecule has 1 aliphatic rings. The van der Waals surface area contributed by atoms with E-state index in [1.807, 2.05) is 17.0 Å². The van der Waals surface area contributed by atoms with Gasteiger partial charge in [0.2, 0.25) is 11.9 Å². The summed E-state index contributed by atoms with van der Waals surface area (Å²) in [6.45, 7) is 1.90. The Labute approximate surface area is 220 Å². The van der Waals surface area contributed by atoms with Gasteiger partial charge in [-0.15, -0.1) is 12.4 Å². The van der Waals surface area contributed by atoms with Crippen molar-refractivity contribution in [1.29, 1.82) is 5.26 Å². The van der Waals surface area contributed by atoms with Gasteiger partial charge in [0.15, 0.2) is 17.3 Å². The standard InChI is InChI=1S/C25H28FN7O3.ClH/c1-29-18(16-6-4-15(14-27)5-7-16)13-20(34)32-8-10-33(11-9-32)25-30-22-17(24(28)31-25)12-19(35-2)23(36-3)21(22)26;/h4-7,12,18,29H,8-11,13H2,1-3H3,(H2,28,30,31);1H/t18-;/m1./s1. The number of aromatic nitrogens is 2. The monoisotopic (exact) mass is 529 g/mol. The molecule has 12 heteroatoms. The normalized spacial score (nSPS) is 14.0. The lowest BCUT2D eigenvalue weighted by Gasteiger charge is -2.35. The van der Waals surface area contributed by atoms with E-state index in [9.17, 15) is 4.79 Å². The number of piperazine rings is 1. The Bertz CT molecular complexity index is 1310. The molecule has 1 aromatic heterocycles. The first kappa shape index (κ1) is 27.7. The highest BCUT2D eigenvalue weighted by Gasteiger charge is 2.26. The largest absolute Gasteiger partial charge is 0.493 e. The van der Waals surface area contributed by atoms with Crippen LogP contribution in [0.1, 0.15) is 23.6 Å². The van der Waals surface area contributed by atoms with Gasteiger partial charge in [-0.25, -0.2) is 9.37 Å². The number of nitriles is 1. The van der Waals surface area contributed by atoms with E-state index < -0.39 is 5.82 Å². The number of ether oxygens (including phenoxy) is 2. The second-order valence-corrected chi connectivity index (χ2v) is 8.38. The van der Waals surface area contributed by atoms with Crippen molar-refractivity contribution in [2.45, 2.75) is 12.5 Å². The van der Waals surface area contributed by atoms with Crippen molar-refractivity contribution >= 4 is 41.0 Å². The molecular weight excluding hydrogens is 501 g/mol. The molecule has 1 amide bonds. The average Bonchev–Trinajstić information content (AvgIpc) is 2.91. The molecule has 196 valence electrons. The highest BCUT2D eigenvalue weighted by Crippen LogP contribution is 2.37. The van der Waals surface area contributed by atoms with Crippen LogP contribution in [0.25, 0.3) is 10.9 Å². The molecule has 0 unspecified atom stereocenters. The van der Waals surface area contributed by atoms with Crippen LogP contribution < -0.4 is 25.4 Å². The number of hydrogen-bond acceptors (Lipinski definition) is 9. The van der Waals surface area contributed by atoms with Gasteiger partial charge in [0.25, 0.3) is 0 Å². The van der Waals surface area contributed by atoms with Crippen molar-refractivity contribution in [3.63, 3.8) is 0 Å². The summed E-state index contributed by atoms with van der Waals surface area (Å²) in [6, 6.07) is 10.7. The molecule has 0 aliphatic carbocycles. The zero-order chi connectivity index (χ0) is 25.8. The Morgan fingerprint density at radius 3 is 2.43 bits per heavy atom. The summed E-state index contributed by atoms with van der Waals surface area (Å²) in [5, 5.41) is 12.5. The third-order valence-corrected chi connectivity index (χ3v) is 6.38. The van der Waals surface area contributed by atoms with E-state index in [0.717, 1.165) is 5.56 Å². The van der Waals surface area contributed by atoms with Crippen LogP contribution in [0.5, 0.6) is 11.5 Å². The van der Waals surface area contributed by atoms with Crippen molar-refractivity contribution < 1.29 is 18.7 Å². The molecule has 0 radical (unpaired) electrons. The van der Waals surface area contributed by atoms with E-state index in [1.54, 1.807) is 30.1 Å². The molecule has 3 N–H and O–H groups in total. The molecule has 10 nitrogen and oxygen atoms in total. The van der Waals surface area contributed by atoms with Crippen LogP contribution in [0.4, 0.5) is 16.2 Å². The van der Waals surface area contributed by atoms with Crippen LogP contribution in [-0.2, 0) is 4.79 Å². The van der Waals surface area contributed by atoms with Gasteiger partial charge in [-0.1, -0.05) is 12.1 Å². The number of rotatable bonds is 7. The lowest BCUT2D eigenvalue weighted by Crippen LogP contribution is -2.49. The molecule has 1 fully saturated rings. The third kappa shape index (κ3) is 5.60. The topological polar surface area (TPSA) is 130 Å². The van der Waals surface area contributed by atoms with Crippen LogP contribution in [0, 0.1) is 17.1 Å². The Hall–Kier alpha value is -3.88. The lowest BCUT2D eigenvalue weighted by molar-refractivity contribution is -0.132. The molecule has 4 rings (SSSR count). The van der Waals surface area contributed by atoms with E-state index >= 15 is 4.39 Å². The van der Waals surface area contributed by atoms with Gasteiger partial charge in [-0.05, 0) is 30.8 Å². The molecule has 2 aromatic carbocycles. The molecule has 0 spiro atoms. The minimum absolute atomic E-state index is 0. The van der Waals surface area contributed by atoms with Crippen molar-refractivity contribution in [3.05, 3.63) is 47.3 Å². The maximum absolute atomic E-state index is 15.1. The molecule has 1 saturated heterocycles. The van der Waals surface area contributed by atoms with Gasteiger partial charge in [-0.2, -0.15) is 10.2 Å². The Kier molecular flexibility index (Phi) is 8.91. The predicted molar refractivity (Wildman–Crippen MR) is 141 cm³/mol. The Morgan fingerprint density at radius 1 is 1.19 bits per heavy atom. The summed E-state index contributed by atoms with van der Waals surface area (Å²) in [5.41, 5.74) is 7.70. The molecule has 0 saturated carbocycles. The van der Waals surface area contributed by atoms with Crippen molar-refractivity contribution in [1.82, 2.24) is 20.2 Å². The number of nitrogens with zero attached hydrogens (tertiary/aromatic N) is 5. The molecule has 1 aliphatic heterocycles. The number of fused-ring (bicyclic) bond motifs is 1. The van der Waals surface area contributed by atoms with Gasteiger partial charge in [0, 0.05) is 44.0 Å². The number of carbonyl (C=O) groups excluding carboxylic acids is 1. The molecule has 2 heterocycles. The fourth-order valence-electron chi connectivity index (χ4n) is 4.32. The zero-order valence-corrected chi connectivity index (χ0v) is 21.6. The summed E-state index contributed by atoms with van der Waals surface area (Å²) < 4.78 is 25.4. The number of halogens is 2. The smallest absolute Gasteiger partial charge is 0.228 e. The number of methoxy groups -OCH3 is 2. The van der Waals surface area contributed by atoms with E-state index in [2.05, 4.69) is 21.4 Å². The molecule has 3 aromatic rings. The Balaban J connectivity index is 0.00000380. The van der Waals surface area contributed by atoms with E-state index in [4.69, 9.17) is 20.5 Å². The zero-order valence-electron chi connectivity index (χ0n) is 20.8. The molecular formula is C25H29ClFN7O3. The maximum atomic E-state index is 15.1. The number of anilines is 2. The molecule has 1 atom stereocenters. The van der Waals surface area contributed by atoms with Gasteiger partial charge >= 0.3 is 0 Å². The number of hydrogen-bond donors (Lipinski definition) is 2. The first-order valence-electron chi connectivity index (χ1n) is 11.5. The number of benzene rings is 2. The summed E-state index contributed by atoms with van der Waals surface area (Å²) in [7, 11) is 4.58. The second kappa shape index (κ2) is 11.9. The van der Waals surface area contributed by atoms with Crippen LogP contribution in [-0.4, -0.2) is 68.2 Å². The first-order valence-corrected chi connectivity index (χ1v) is 11.5. The van der Waals surface area contributed by atoms with Crippen LogP contribution >= 0.6 is 12.4 Å².